The number of hydrazone groups is 1. The largest absolute Gasteiger partial charge is 0.271 e. The summed E-state index contributed by atoms with van der Waals surface area (Å²) in [5.74, 6) is -0.615. The summed E-state index contributed by atoms with van der Waals surface area (Å²) >= 11 is 12.2. The van der Waals surface area contributed by atoms with Crippen LogP contribution in [0, 0.1) is 13.8 Å². The quantitative estimate of drug-likeness (QED) is 0.376. The number of nitrogens with one attached hydrogen (secondary N) is 1. The van der Waals surface area contributed by atoms with Gasteiger partial charge < -0.3 is 0 Å². The highest BCUT2D eigenvalue weighted by Gasteiger charge is 2.27. The molecule has 3 rings (SSSR count). The van der Waals surface area contributed by atoms with E-state index in [9.17, 15) is 13.2 Å². The fourth-order valence-electron chi connectivity index (χ4n) is 2.82. The first-order chi connectivity index (χ1) is 15.2. The van der Waals surface area contributed by atoms with E-state index in [0.717, 1.165) is 15.4 Å². The molecule has 0 fully saturated rings. The van der Waals surface area contributed by atoms with Crippen LogP contribution in [0.25, 0.3) is 0 Å². The molecule has 0 radical (unpaired) electrons. The minimum Gasteiger partial charge on any atom is -0.271 e. The fraction of sp³-hybridized carbons (Fsp3) is 0.130. The number of nitrogens with zero attached hydrogens (tertiary/aromatic N) is 2. The van der Waals surface area contributed by atoms with Gasteiger partial charge in [-0.2, -0.15) is 5.10 Å². The van der Waals surface area contributed by atoms with E-state index in [1.165, 1.54) is 24.4 Å². The second-order valence-electron chi connectivity index (χ2n) is 7.11. The molecule has 0 unspecified atom stereocenters. The summed E-state index contributed by atoms with van der Waals surface area (Å²) in [5, 5.41) is 4.83. The third kappa shape index (κ3) is 5.88. The lowest BCUT2D eigenvalue weighted by atomic mass is 10.2. The number of halogens is 2. The van der Waals surface area contributed by atoms with Gasteiger partial charge in [0.05, 0.1) is 16.8 Å². The fourth-order valence-corrected chi connectivity index (χ4v) is 4.61. The van der Waals surface area contributed by atoms with Crippen molar-refractivity contribution in [2.75, 3.05) is 10.8 Å². The Morgan fingerprint density at radius 2 is 1.75 bits per heavy atom. The van der Waals surface area contributed by atoms with E-state index in [0.29, 0.717) is 15.6 Å². The van der Waals surface area contributed by atoms with Crippen molar-refractivity contribution < 1.29 is 13.2 Å². The summed E-state index contributed by atoms with van der Waals surface area (Å²) in [6.07, 6.45) is 1.42. The van der Waals surface area contributed by atoms with E-state index in [2.05, 4.69) is 10.5 Å². The zero-order valence-electron chi connectivity index (χ0n) is 17.4. The van der Waals surface area contributed by atoms with Crippen LogP contribution >= 0.6 is 23.2 Å². The van der Waals surface area contributed by atoms with E-state index >= 15 is 0 Å². The first-order valence-electron chi connectivity index (χ1n) is 9.60. The maximum absolute atomic E-state index is 13.4. The second kappa shape index (κ2) is 10.2. The van der Waals surface area contributed by atoms with Crippen LogP contribution in [0.1, 0.15) is 16.7 Å². The molecule has 0 aliphatic heterocycles. The molecule has 0 bridgehead atoms. The van der Waals surface area contributed by atoms with E-state index in [4.69, 9.17) is 23.2 Å². The third-order valence-electron chi connectivity index (χ3n) is 4.59. The summed E-state index contributed by atoms with van der Waals surface area (Å²) < 4.78 is 27.7. The zero-order chi connectivity index (χ0) is 23.3. The molecule has 6 nitrogen and oxygen atoms in total. The van der Waals surface area contributed by atoms with Crippen molar-refractivity contribution in [2.24, 2.45) is 5.10 Å². The Bertz CT molecular complexity index is 1260. The van der Waals surface area contributed by atoms with Crippen LogP contribution < -0.4 is 9.73 Å². The Kier molecular flexibility index (Phi) is 7.56. The van der Waals surface area contributed by atoms with Crippen molar-refractivity contribution in [3.63, 3.8) is 0 Å². The van der Waals surface area contributed by atoms with Crippen LogP contribution in [0.15, 0.2) is 76.7 Å². The highest BCUT2D eigenvalue weighted by Crippen LogP contribution is 2.28. The average Bonchev–Trinajstić information content (AvgIpc) is 2.74. The Labute approximate surface area is 197 Å². The summed E-state index contributed by atoms with van der Waals surface area (Å²) in [7, 11) is -4.03. The van der Waals surface area contributed by atoms with Crippen LogP contribution in [0.5, 0.6) is 0 Å². The molecule has 0 saturated heterocycles. The van der Waals surface area contributed by atoms with Crippen LogP contribution in [0.2, 0.25) is 10.0 Å². The number of carbonyl (C=O) groups is 1. The zero-order valence-corrected chi connectivity index (χ0v) is 19.7. The predicted octanol–water partition coefficient (Wildman–Crippen LogP) is 4.96. The SMILES string of the molecule is Cc1ccc(S(=O)(=O)N(CC(=O)N/N=C\c2cccc(Cl)c2)c2ccc(C)c(Cl)c2)cc1. The molecule has 3 aromatic rings. The van der Waals surface area contributed by atoms with Gasteiger partial charge in [-0.15, -0.1) is 0 Å². The smallest absolute Gasteiger partial charge is 0.264 e. The minimum atomic E-state index is -4.03. The number of hydrogen-bond donors (Lipinski definition) is 1. The molecule has 9 heteroatoms. The van der Waals surface area contributed by atoms with Gasteiger partial charge in [-0.3, -0.25) is 9.10 Å². The maximum atomic E-state index is 13.4. The van der Waals surface area contributed by atoms with Crippen molar-refractivity contribution in [3.05, 3.63) is 93.5 Å². The number of benzene rings is 3. The van der Waals surface area contributed by atoms with Crippen molar-refractivity contribution in [3.8, 4) is 0 Å². The van der Waals surface area contributed by atoms with E-state index < -0.39 is 22.5 Å². The van der Waals surface area contributed by atoms with Gasteiger partial charge in [-0.25, -0.2) is 13.8 Å². The molecule has 166 valence electrons. The Morgan fingerprint density at radius 1 is 1.03 bits per heavy atom. The van der Waals surface area contributed by atoms with Gasteiger partial charge in [-0.05, 0) is 61.4 Å². The van der Waals surface area contributed by atoms with Crippen molar-refractivity contribution in [1.82, 2.24) is 5.43 Å². The molecular formula is C23H21Cl2N3O3S. The van der Waals surface area contributed by atoms with E-state index in [1.54, 1.807) is 48.5 Å². The Balaban J connectivity index is 1.87. The molecule has 1 N–H and O–H groups in total. The van der Waals surface area contributed by atoms with Gasteiger partial charge in [0.1, 0.15) is 6.54 Å². The molecule has 0 aromatic heterocycles. The van der Waals surface area contributed by atoms with Crippen LogP contribution in [0.3, 0.4) is 0 Å². The summed E-state index contributed by atoms with van der Waals surface area (Å²) in [6, 6.07) is 18.1. The number of anilines is 1. The number of rotatable bonds is 7. The third-order valence-corrected chi connectivity index (χ3v) is 7.02. The van der Waals surface area contributed by atoms with Gasteiger partial charge in [0.2, 0.25) is 0 Å². The first-order valence-corrected chi connectivity index (χ1v) is 11.8. The number of sulfonamides is 1. The lowest BCUT2D eigenvalue weighted by molar-refractivity contribution is -0.119. The molecule has 32 heavy (non-hydrogen) atoms. The van der Waals surface area contributed by atoms with Gasteiger partial charge >= 0.3 is 0 Å². The molecule has 0 spiro atoms. The molecule has 0 atom stereocenters. The van der Waals surface area contributed by atoms with Crippen molar-refractivity contribution in [2.45, 2.75) is 18.7 Å². The van der Waals surface area contributed by atoms with Gasteiger partial charge in [0.15, 0.2) is 0 Å². The van der Waals surface area contributed by atoms with Crippen LogP contribution in [-0.2, 0) is 14.8 Å². The monoisotopic (exact) mass is 489 g/mol. The molecule has 0 aliphatic rings. The molecular weight excluding hydrogens is 469 g/mol. The van der Waals surface area contributed by atoms with Crippen LogP contribution in [-0.4, -0.2) is 27.1 Å². The number of aryl methyl sites for hydroxylation is 2. The lowest BCUT2D eigenvalue weighted by Crippen LogP contribution is -2.39. The summed E-state index contributed by atoms with van der Waals surface area (Å²) in [6.45, 7) is 3.18. The Hall–Kier alpha value is -2.87. The van der Waals surface area contributed by atoms with Gasteiger partial charge in [-0.1, -0.05) is 59.1 Å². The number of hydrogen-bond acceptors (Lipinski definition) is 4. The highest BCUT2D eigenvalue weighted by atomic mass is 35.5. The highest BCUT2D eigenvalue weighted by molar-refractivity contribution is 7.92. The molecule has 0 aliphatic carbocycles. The average molecular weight is 490 g/mol. The lowest BCUT2D eigenvalue weighted by Gasteiger charge is -2.24. The standard InChI is InChI=1S/C23H21Cl2N3O3S/c1-16-6-10-21(11-7-16)32(30,31)28(20-9-8-17(2)22(25)13-20)15-23(29)27-26-14-18-4-3-5-19(24)12-18/h3-14H,15H2,1-2H3,(H,27,29)/b26-14-. The normalized spacial score (nSPS) is 11.5. The van der Waals surface area contributed by atoms with E-state index in [-0.39, 0.29) is 10.6 Å². The topological polar surface area (TPSA) is 78.8 Å². The number of amides is 1. The van der Waals surface area contributed by atoms with Crippen molar-refractivity contribution in [1.29, 1.82) is 0 Å². The second-order valence-corrected chi connectivity index (χ2v) is 9.81. The first kappa shape index (κ1) is 23.8. The maximum Gasteiger partial charge on any atom is 0.264 e. The molecule has 0 saturated carbocycles. The minimum absolute atomic E-state index is 0.0648. The van der Waals surface area contributed by atoms with Gasteiger partial charge in [0, 0.05) is 10.0 Å². The van der Waals surface area contributed by atoms with E-state index in [1.807, 2.05) is 13.8 Å². The van der Waals surface area contributed by atoms with Gasteiger partial charge in [0.25, 0.3) is 15.9 Å². The molecule has 1 amide bonds. The summed E-state index contributed by atoms with van der Waals surface area (Å²) in [5.41, 5.74) is 5.03. The number of carbonyl (C=O) groups excluding carboxylic acids is 1. The molecule has 3 aromatic carbocycles. The van der Waals surface area contributed by atoms with Crippen molar-refractivity contribution >= 4 is 51.0 Å². The predicted molar refractivity (Wildman–Crippen MR) is 129 cm³/mol. The Morgan fingerprint density at radius 3 is 2.41 bits per heavy atom. The van der Waals surface area contributed by atoms with Crippen LogP contribution in [0.4, 0.5) is 5.69 Å². The molecule has 0 heterocycles. The summed E-state index contributed by atoms with van der Waals surface area (Å²) in [4.78, 5) is 12.6.